The summed E-state index contributed by atoms with van der Waals surface area (Å²) in [4.78, 5) is 12.1. The Morgan fingerprint density at radius 3 is 2.50 bits per heavy atom. The molecule has 30 heavy (non-hydrogen) atoms. The van der Waals surface area contributed by atoms with E-state index in [4.69, 9.17) is 16.3 Å². The van der Waals surface area contributed by atoms with E-state index in [2.05, 4.69) is 0 Å². The molecular formula is C22H22ClNO5S. The number of benzene rings is 2. The van der Waals surface area contributed by atoms with Gasteiger partial charge in [-0.2, -0.15) is 0 Å². The minimum atomic E-state index is -3.47. The van der Waals surface area contributed by atoms with Crippen molar-refractivity contribution in [3.05, 3.63) is 75.7 Å². The lowest BCUT2D eigenvalue weighted by molar-refractivity contribution is 0.298. The highest BCUT2D eigenvalue weighted by Crippen LogP contribution is 2.39. The molecule has 3 rings (SSSR count). The first-order chi connectivity index (χ1) is 14.3. The fourth-order valence-electron chi connectivity index (χ4n) is 3.02. The van der Waals surface area contributed by atoms with Crippen molar-refractivity contribution in [2.24, 2.45) is 7.05 Å². The molecular weight excluding hydrogens is 426 g/mol. The summed E-state index contributed by atoms with van der Waals surface area (Å²) in [5, 5.41) is 9.51. The van der Waals surface area contributed by atoms with E-state index in [0.717, 1.165) is 5.56 Å². The Morgan fingerprint density at radius 1 is 1.07 bits per heavy atom. The van der Waals surface area contributed by atoms with Gasteiger partial charge in [0.2, 0.25) is 0 Å². The number of halogens is 1. The second-order valence-corrected chi connectivity index (χ2v) is 9.41. The minimum absolute atomic E-state index is 0.0342. The number of aliphatic hydroxyl groups is 1. The molecule has 0 unspecified atom stereocenters. The van der Waals surface area contributed by atoms with Crippen LogP contribution < -0.4 is 10.3 Å². The summed E-state index contributed by atoms with van der Waals surface area (Å²) in [5.41, 5.74) is 1.45. The summed E-state index contributed by atoms with van der Waals surface area (Å²) >= 11 is 6.34. The van der Waals surface area contributed by atoms with E-state index in [-0.39, 0.29) is 27.8 Å². The zero-order valence-electron chi connectivity index (χ0n) is 16.6. The maximum atomic E-state index is 12.4. The Hall–Kier alpha value is -2.61. The van der Waals surface area contributed by atoms with Crippen LogP contribution >= 0.6 is 11.6 Å². The van der Waals surface area contributed by atoms with Gasteiger partial charge in [0.1, 0.15) is 11.5 Å². The standard InChI is InChI=1S/C22H22ClNO5S/c1-3-30(27,28)16-8-9-21(29-20-7-5-4-6-15(20)10-11-25)17(12-16)18-14-24(2)22(26)13-19(18)23/h4-9,12-14,25H,3,10-11H2,1-2H3. The van der Waals surface area contributed by atoms with Crippen molar-refractivity contribution in [2.75, 3.05) is 12.4 Å². The van der Waals surface area contributed by atoms with Crippen molar-refractivity contribution in [1.82, 2.24) is 4.57 Å². The largest absolute Gasteiger partial charge is 0.456 e. The van der Waals surface area contributed by atoms with Crippen LogP contribution in [0.3, 0.4) is 0 Å². The molecule has 0 bridgehead atoms. The van der Waals surface area contributed by atoms with E-state index in [0.29, 0.717) is 29.0 Å². The van der Waals surface area contributed by atoms with Gasteiger partial charge in [0.05, 0.1) is 15.7 Å². The van der Waals surface area contributed by atoms with Gasteiger partial charge in [-0.15, -0.1) is 0 Å². The Bertz CT molecular complexity index is 1230. The second kappa shape index (κ2) is 9.04. The number of ether oxygens (including phenoxy) is 1. The Morgan fingerprint density at radius 2 is 1.80 bits per heavy atom. The molecule has 1 aromatic heterocycles. The van der Waals surface area contributed by atoms with Gasteiger partial charge < -0.3 is 14.4 Å². The fourth-order valence-corrected chi connectivity index (χ4v) is 4.17. The number of aryl methyl sites for hydroxylation is 1. The summed E-state index contributed by atoms with van der Waals surface area (Å²) in [6.45, 7) is 1.54. The molecule has 0 spiro atoms. The molecule has 1 N–H and O–H groups in total. The molecule has 3 aromatic rings. The average molecular weight is 448 g/mol. The molecule has 0 aliphatic rings. The van der Waals surface area contributed by atoms with Gasteiger partial charge in [-0.3, -0.25) is 4.79 Å². The number of aliphatic hydroxyl groups excluding tert-OH is 1. The number of sulfone groups is 1. The van der Waals surface area contributed by atoms with Gasteiger partial charge in [-0.05, 0) is 36.2 Å². The summed E-state index contributed by atoms with van der Waals surface area (Å²) in [6.07, 6.45) is 1.96. The van der Waals surface area contributed by atoms with Crippen LogP contribution in [0.4, 0.5) is 0 Å². The lowest BCUT2D eigenvalue weighted by Crippen LogP contribution is -2.15. The quantitative estimate of drug-likeness (QED) is 0.595. The smallest absolute Gasteiger partial charge is 0.251 e. The zero-order valence-corrected chi connectivity index (χ0v) is 18.2. The van der Waals surface area contributed by atoms with E-state index in [1.807, 2.05) is 18.2 Å². The fraction of sp³-hybridized carbons (Fsp3) is 0.227. The highest BCUT2D eigenvalue weighted by molar-refractivity contribution is 7.91. The summed E-state index contributed by atoms with van der Waals surface area (Å²) in [7, 11) is -1.88. The first-order valence-corrected chi connectivity index (χ1v) is 11.4. The van der Waals surface area contributed by atoms with Crippen LogP contribution in [-0.2, 0) is 23.3 Å². The van der Waals surface area contributed by atoms with Crippen molar-refractivity contribution >= 4 is 21.4 Å². The molecule has 8 heteroatoms. The monoisotopic (exact) mass is 447 g/mol. The molecule has 0 amide bonds. The van der Waals surface area contributed by atoms with Crippen LogP contribution in [0.5, 0.6) is 11.5 Å². The van der Waals surface area contributed by atoms with Crippen LogP contribution in [0.1, 0.15) is 12.5 Å². The molecule has 0 fully saturated rings. The van der Waals surface area contributed by atoms with Gasteiger partial charge >= 0.3 is 0 Å². The molecule has 2 aromatic carbocycles. The van der Waals surface area contributed by atoms with E-state index in [9.17, 15) is 18.3 Å². The van der Waals surface area contributed by atoms with Gasteiger partial charge in [0.15, 0.2) is 9.84 Å². The van der Waals surface area contributed by atoms with Crippen molar-refractivity contribution in [3.63, 3.8) is 0 Å². The highest BCUT2D eigenvalue weighted by Gasteiger charge is 2.19. The Kier molecular flexibility index (Phi) is 6.65. The maximum absolute atomic E-state index is 12.4. The number of nitrogens with zero attached hydrogens (tertiary/aromatic N) is 1. The summed E-state index contributed by atoms with van der Waals surface area (Å²) in [5.74, 6) is 0.878. The van der Waals surface area contributed by atoms with Gasteiger partial charge in [0, 0.05) is 37.0 Å². The molecule has 1 heterocycles. The number of pyridine rings is 1. The average Bonchev–Trinajstić information content (AvgIpc) is 2.72. The normalized spacial score (nSPS) is 11.5. The van der Waals surface area contributed by atoms with Crippen LogP contribution in [-0.4, -0.2) is 30.5 Å². The molecule has 158 valence electrons. The van der Waals surface area contributed by atoms with Crippen LogP contribution in [0, 0.1) is 0 Å². The van der Waals surface area contributed by atoms with Crippen molar-refractivity contribution in [1.29, 1.82) is 0 Å². The number of aromatic nitrogens is 1. The van der Waals surface area contributed by atoms with Crippen LogP contribution in [0.2, 0.25) is 5.02 Å². The third-order valence-corrected chi connectivity index (χ3v) is 6.78. The molecule has 0 radical (unpaired) electrons. The van der Waals surface area contributed by atoms with E-state index < -0.39 is 9.84 Å². The lowest BCUT2D eigenvalue weighted by Gasteiger charge is -2.16. The number of hydrogen-bond donors (Lipinski definition) is 1. The molecule has 0 atom stereocenters. The maximum Gasteiger partial charge on any atom is 0.251 e. The lowest BCUT2D eigenvalue weighted by atomic mass is 10.1. The third kappa shape index (κ3) is 4.59. The zero-order chi connectivity index (χ0) is 21.9. The van der Waals surface area contributed by atoms with Gasteiger partial charge in [-0.1, -0.05) is 36.7 Å². The SMILES string of the molecule is CCS(=O)(=O)c1ccc(Oc2ccccc2CCO)c(-c2cn(C)c(=O)cc2Cl)c1. The van der Waals surface area contributed by atoms with E-state index in [1.54, 1.807) is 32.3 Å². The Labute approximate surface area is 180 Å². The minimum Gasteiger partial charge on any atom is -0.456 e. The number of para-hydroxylation sites is 1. The molecule has 0 aliphatic heterocycles. The molecule has 0 aliphatic carbocycles. The van der Waals surface area contributed by atoms with Crippen molar-refractivity contribution in [3.8, 4) is 22.6 Å². The molecule has 0 saturated heterocycles. The van der Waals surface area contributed by atoms with E-state index in [1.165, 1.54) is 22.8 Å². The second-order valence-electron chi connectivity index (χ2n) is 6.73. The van der Waals surface area contributed by atoms with E-state index >= 15 is 0 Å². The highest BCUT2D eigenvalue weighted by atomic mass is 35.5. The van der Waals surface area contributed by atoms with Gasteiger partial charge in [0.25, 0.3) is 5.56 Å². The van der Waals surface area contributed by atoms with Crippen molar-refractivity contribution in [2.45, 2.75) is 18.2 Å². The molecule has 0 saturated carbocycles. The topological polar surface area (TPSA) is 85.6 Å². The van der Waals surface area contributed by atoms with Gasteiger partial charge in [-0.25, -0.2) is 8.42 Å². The predicted octanol–water partition coefficient (Wildman–Crippen LogP) is 3.83. The third-order valence-electron chi connectivity index (χ3n) is 4.73. The summed E-state index contributed by atoms with van der Waals surface area (Å²) in [6, 6.07) is 13.1. The number of hydrogen-bond acceptors (Lipinski definition) is 5. The predicted molar refractivity (Wildman–Crippen MR) is 117 cm³/mol. The number of rotatable bonds is 7. The first-order valence-electron chi connectivity index (χ1n) is 9.36. The first kappa shape index (κ1) is 22.1. The van der Waals surface area contributed by atoms with Crippen LogP contribution in [0.25, 0.3) is 11.1 Å². The Balaban J connectivity index is 2.22. The molecule has 6 nitrogen and oxygen atoms in total. The van der Waals surface area contributed by atoms with Crippen molar-refractivity contribution < 1.29 is 18.3 Å². The summed E-state index contributed by atoms with van der Waals surface area (Å²) < 4.78 is 32.4. The van der Waals surface area contributed by atoms with Crippen LogP contribution in [0.15, 0.2) is 64.4 Å².